The Balaban J connectivity index is 2.09. The van der Waals surface area contributed by atoms with Crippen LogP contribution >= 0.6 is 0 Å². The number of aromatic hydroxyl groups is 1. The van der Waals surface area contributed by atoms with Gasteiger partial charge in [-0.3, -0.25) is 9.59 Å². The SMILES string of the molecule is N#Cc1c(O)c(C(=O)CCC(=O)O)nc2cc(-c3ccc(C(F)(F)F)cc3)ccc12. The highest BCUT2D eigenvalue weighted by atomic mass is 19.4. The number of carbonyl (C=O) groups excluding carboxylic acids is 1. The van der Waals surface area contributed by atoms with Crippen LogP contribution in [0, 0.1) is 11.3 Å². The highest BCUT2D eigenvalue weighted by Gasteiger charge is 2.30. The van der Waals surface area contributed by atoms with Crippen LogP contribution in [0.5, 0.6) is 5.75 Å². The Kier molecular flexibility index (Phi) is 5.43. The molecule has 0 aliphatic rings. The Morgan fingerprint density at radius 1 is 1.03 bits per heavy atom. The quantitative estimate of drug-likeness (QED) is 0.593. The first kappa shape index (κ1) is 20.8. The number of carboxylic acids is 1. The maximum atomic E-state index is 12.8. The van der Waals surface area contributed by atoms with Gasteiger partial charge < -0.3 is 10.2 Å². The summed E-state index contributed by atoms with van der Waals surface area (Å²) in [4.78, 5) is 27.0. The number of aromatic nitrogens is 1. The molecule has 30 heavy (non-hydrogen) atoms. The molecule has 0 aliphatic heterocycles. The zero-order valence-corrected chi connectivity index (χ0v) is 15.2. The van der Waals surface area contributed by atoms with Gasteiger partial charge in [-0.2, -0.15) is 18.4 Å². The monoisotopic (exact) mass is 414 g/mol. The molecule has 152 valence electrons. The van der Waals surface area contributed by atoms with Crippen molar-refractivity contribution < 1.29 is 33.0 Å². The number of Topliss-reactive ketones (excluding diaryl/α,β-unsaturated/α-hetero) is 1. The summed E-state index contributed by atoms with van der Waals surface area (Å²) in [6.45, 7) is 0. The maximum Gasteiger partial charge on any atom is 0.416 e. The minimum atomic E-state index is -4.46. The van der Waals surface area contributed by atoms with Crippen molar-refractivity contribution >= 4 is 22.7 Å². The molecule has 0 radical (unpaired) electrons. The topological polar surface area (TPSA) is 111 Å². The Bertz CT molecular complexity index is 1200. The summed E-state index contributed by atoms with van der Waals surface area (Å²) in [6.07, 6.45) is -5.34. The molecule has 0 spiro atoms. The first-order chi connectivity index (χ1) is 14.1. The smallest absolute Gasteiger partial charge is 0.416 e. The minimum absolute atomic E-state index is 0.167. The predicted octanol–water partition coefficient (Wildman–Crippen LogP) is 4.55. The van der Waals surface area contributed by atoms with Crippen LogP contribution in [0.25, 0.3) is 22.0 Å². The van der Waals surface area contributed by atoms with Gasteiger partial charge in [-0.1, -0.05) is 24.3 Å². The fraction of sp³-hybridized carbons (Fsp3) is 0.143. The largest absolute Gasteiger partial charge is 0.504 e. The lowest BCUT2D eigenvalue weighted by atomic mass is 9.99. The third-order valence-corrected chi connectivity index (χ3v) is 4.45. The van der Waals surface area contributed by atoms with Gasteiger partial charge in [0.15, 0.2) is 11.5 Å². The number of hydrogen-bond donors (Lipinski definition) is 2. The standard InChI is InChI=1S/C21H13F3N2O4/c22-21(23,24)13-4-1-11(2-5-13)12-3-6-14-15(10-25)20(30)19(26-16(14)9-12)17(27)7-8-18(28)29/h1-6,9,30H,7-8H2,(H,28,29). The van der Waals surface area contributed by atoms with Crippen LogP contribution < -0.4 is 0 Å². The number of carboxylic acid groups (broad SMARTS) is 1. The summed E-state index contributed by atoms with van der Waals surface area (Å²) < 4.78 is 38.3. The van der Waals surface area contributed by atoms with Crippen LogP contribution in [0.4, 0.5) is 13.2 Å². The lowest BCUT2D eigenvalue weighted by molar-refractivity contribution is -0.138. The van der Waals surface area contributed by atoms with Gasteiger partial charge in [0.25, 0.3) is 0 Å². The van der Waals surface area contributed by atoms with E-state index < -0.39 is 47.8 Å². The van der Waals surface area contributed by atoms with Crippen molar-refractivity contribution in [3.8, 4) is 22.9 Å². The maximum absolute atomic E-state index is 12.8. The Labute approximate surface area is 167 Å². The van der Waals surface area contributed by atoms with E-state index >= 15 is 0 Å². The number of ketones is 1. The highest BCUT2D eigenvalue weighted by Crippen LogP contribution is 2.34. The third-order valence-electron chi connectivity index (χ3n) is 4.45. The number of pyridine rings is 1. The van der Waals surface area contributed by atoms with Crippen LogP contribution in [0.1, 0.15) is 34.5 Å². The molecule has 0 fully saturated rings. The first-order valence-corrected chi connectivity index (χ1v) is 8.61. The lowest BCUT2D eigenvalue weighted by Gasteiger charge is -2.11. The molecule has 2 aromatic carbocycles. The van der Waals surface area contributed by atoms with Crippen molar-refractivity contribution in [2.75, 3.05) is 0 Å². The van der Waals surface area contributed by atoms with E-state index in [1.54, 1.807) is 12.1 Å². The summed E-state index contributed by atoms with van der Waals surface area (Å²) >= 11 is 0. The number of benzene rings is 2. The molecule has 0 atom stereocenters. The van der Waals surface area contributed by atoms with Crippen LogP contribution in [0.2, 0.25) is 0 Å². The number of rotatable bonds is 5. The van der Waals surface area contributed by atoms with Crippen LogP contribution in [-0.4, -0.2) is 26.9 Å². The molecule has 9 heteroatoms. The second kappa shape index (κ2) is 7.83. The summed E-state index contributed by atoms with van der Waals surface area (Å²) in [5, 5.41) is 28.6. The molecule has 0 aliphatic carbocycles. The zero-order valence-electron chi connectivity index (χ0n) is 15.2. The fourth-order valence-electron chi connectivity index (χ4n) is 2.93. The van der Waals surface area contributed by atoms with E-state index in [1.165, 1.54) is 24.3 Å². The number of alkyl halides is 3. The van der Waals surface area contributed by atoms with Gasteiger partial charge in [-0.15, -0.1) is 0 Å². The molecule has 3 aromatic rings. The van der Waals surface area contributed by atoms with Crippen molar-refractivity contribution in [2.24, 2.45) is 0 Å². The van der Waals surface area contributed by atoms with Gasteiger partial charge in [0.1, 0.15) is 17.3 Å². The molecule has 3 rings (SSSR count). The lowest BCUT2D eigenvalue weighted by Crippen LogP contribution is -2.07. The third kappa shape index (κ3) is 4.07. The molecule has 6 nitrogen and oxygen atoms in total. The molecule has 0 saturated carbocycles. The average molecular weight is 414 g/mol. The minimum Gasteiger partial charge on any atom is -0.504 e. The highest BCUT2D eigenvalue weighted by molar-refractivity contribution is 6.02. The number of carbonyl (C=O) groups is 2. The Morgan fingerprint density at radius 3 is 2.23 bits per heavy atom. The second-order valence-corrected chi connectivity index (χ2v) is 6.42. The fourth-order valence-corrected chi connectivity index (χ4v) is 2.93. The number of fused-ring (bicyclic) bond motifs is 1. The second-order valence-electron chi connectivity index (χ2n) is 6.42. The summed E-state index contributed by atoms with van der Waals surface area (Å²) in [5.74, 6) is -2.58. The molecule has 0 unspecified atom stereocenters. The summed E-state index contributed by atoms with van der Waals surface area (Å²) in [7, 11) is 0. The van der Waals surface area contributed by atoms with E-state index in [9.17, 15) is 33.1 Å². The van der Waals surface area contributed by atoms with Gasteiger partial charge in [-0.05, 0) is 29.3 Å². The van der Waals surface area contributed by atoms with Gasteiger partial charge in [0, 0.05) is 11.8 Å². The van der Waals surface area contributed by atoms with Crippen molar-refractivity contribution in [3.05, 3.63) is 59.3 Å². The van der Waals surface area contributed by atoms with Gasteiger partial charge in [-0.25, -0.2) is 4.98 Å². The van der Waals surface area contributed by atoms with Crippen molar-refractivity contribution in [1.82, 2.24) is 4.98 Å². The van der Waals surface area contributed by atoms with E-state index in [0.717, 1.165) is 12.1 Å². The predicted molar refractivity (Wildman–Crippen MR) is 99.8 cm³/mol. The Morgan fingerprint density at radius 2 is 1.67 bits per heavy atom. The van der Waals surface area contributed by atoms with Gasteiger partial charge in [0.05, 0.1) is 17.5 Å². The van der Waals surface area contributed by atoms with E-state index in [1.807, 2.05) is 0 Å². The number of nitrogens with zero attached hydrogens (tertiary/aromatic N) is 2. The first-order valence-electron chi connectivity index (χ1n) is 8.61. The summed E-state index contributed by atoms with van der Waals surface area (Å²) in [6, 6.07) is 10.7. The van der Waals surface area contributed by atoms with E-state index in [-0.39, 0.29) is 16.5 Å². The van der Waals surface area contributed by atoms with Crippen LogP contribution in [0.3, 0.4) is 0 Å². The van der Waals surface area contributed by atoms with E-state index in [0.29, 0.717) is 11.1 Å². The molecular weight excluding hydrogens is 401 g/mol. The molecule has 0 bridgehead atoms. The average Bonchev–Trinajstić information content (AvgIpc) is 2.70. The van der Waals surface area contributed by atoms with Crippen molar-refractivity contribution in [1.29, 1.82) is 5.26 Å². The molecule has 0 saturated heterocycles. The molecule has 0 amide bonds. The molecule has 1 heterocycles. The van der Waals surface area contributed by atoms with Crippen LogP contribution in [0.15, 0.2) is 42.5 Å². The van der Waals surface area contributed by atoms with E-state index in [2.05, 4.69) is 4.98 Å². The number of aliphatic carboxylic acids is 1. The molecular formula is C21H13F3N2O4. The van der Waals surface area contributed by atoms with Crippen molar-refractivity contribution in [3.63, 3.8) is 0 Å². The normalized spacial score (nSPS) is 11.3. The number of nitriles is 1. The van der Waals surface area contributed by atoms with Crippen LogP contribution in [-0.2, 0) is 11.0 Å². The molecule has 1 aromatic heterocycles. The van der Waals surface area contributed by atoms with Gasteiger partial charge in [0.2, 0.25) is 0 Å². The summed E-state index contributed by atoms with van der Waals surface area (Å²) in [5.41, 5.74) is -0.310. The van der Waals surface area contributed by atoms with E-state index in [4.69, 9.17) is 5.11 Å². The molecule has 2 N–H and O–H groups in total. The number of halogens is 3. The zero-order chi connectivity index (χ0) is 22.1. The van der Waals surface area contributed by atoms with Crippen molar-refractivity contribution in [2.45, 2.75) is 19.0 Å². The number of hydrogen-bond acceptors (Lipinski definition) is 5. The Hall–Kier alpha value is -3.93. The van der Waals surface area contributed by atoms with Gasteiger partial charge >= 0.3 is 12.1 Å².